The van der Waals surface area contributed by atoms with E-state index in [1.54, 1.807) is 12.1 Å². The predicted octanol–water partition coefficient (Wildman–Crippen LogP) is 8.00. The highest BCUT2D eigenvalue weighted by molar-refractivity contribution is 6.33. The fourth-order valence-corrected chi connectivity index (χ4v) is 5.68. The van der Waals surface area contributed by atoms with Gasteiger partial charge < -0.3 is 5.11 Å². The molecule has 2 aliphatic rings. The van der Waals surface area contributed by atoms with Crippen LogP contribution in [0.15, 0.2) is 66.2 Å². The first-order chi connectivity index (χ1) is 18.3. The van der Waals surface area contributed by atoms with Crippen molar-refractivity contribution in [3.63, 3.8) is 0 Å². The summed E-state index contributed by atoms with van der Waals surface area (Å²) in [6.07, 6.45) is 2.31. The monoisotopic (exact) mass is 533 g/mol. The van der Waals surface area contributed by atoms with E-state index in [9.17, 15) is 18.7 Å². The third-order valence-electron chi connectivity index (χ3n) is 7.40. The number of aromatic carboxylic acids is 1. The maximum absolute atomic E-state index is 12.5. The molecule has 1 aliphatic heterocycles. The highest BCUT2D eigenvalue weighted by Crippen LogP contribution is 2.42. The van der Waals surface area contributed by atoms with Gasteiger partial charge in [-0.05, 0) is 88.4 Å². The van der Waals surface area contributed by atoms with Gasteiger partial charge in [0.05, 0.1) is 10.6 Å². The van der Waals surface area contributed by atoms with Gasteiger partial charge in [0.25, 0.3) is 0 Å². The minimum atomic E-state index is -2.26. The fourth-order valence-electron chi connectivity index (χ4n) is 5.44. The van der Waals surface area contributed by atoms with Crippen LogP contribution in [0.4, 0.5) is 8.78 Å². The second kappa shape index (κ2) is 11.2. The quantitative estimate of drug-likeness (QED) is 0.334. The molecule has 1 N–H and O–H groups in total. The van der Waals surface area contributed by atoms with Crippen molar-refractivity contribution in [1.82, 2.24) is 4.90 Å². The molecule has 1 saturated heterocycles. The van der Waals surface area contributed by atoms with Gasteiger partial charge in [-0.25, -0.2) is 13.6 Å². The summed E-state index contributed by atoms with van der Waals surface area (Å²) >= 11 is 6.82. The summed E-state index contributed by atoms with van der Waals surface area (Å²) in [5.74, 6) is -0.925. The molecule has 0 saturated carbocycles. The zero-order chi connectivity index (χ0) is 26.8. The SMILES string of the molecule is Cc1cccc(C2=C(c3ccc(C=C4CN(CCC(F)F)C4)cc3)c3ccc(C(=O)O)cc3CCC2)c1Cl. The van der Waals surface area contributed by atoms with Gasteiger partial charge in [0.1, 0.15) is 0 Å². The zero-order valence-corrected chi connectivity index (χ0v) is 22.1. The molecular weight excluding hydrogens is 504 g/mol. The van der Waals surface area contributed by atoms with E-state index >= 15 is 0 Å². The van der Waals surface area contributed by atoms with Gasteiger partial charge in [0.15, 0.2) is 0 Å². The number of carbonyl (C=O) groups is 1. The molecule has 6 heteroatoms. The molecule has 3 aromatic carbocycles. The molecule has 0 bridgehead atoms. The van der Waals surface area contributed by atoms with Crippen LogP contribution in [0, 0.1) is 6.92 Å². The van der Waals surface area contributed by atoms with E-state index < -0.39 is 12.4 Å². The van der Waals surface area contributed by atoms with Crippen LogP contribution >= 0.6 is 11.6 Å². The number of carboxylic acid groups (broad SMARTS) is 1. The summed E-state index contributed by atoms with van der Waals surface area (Å²) in [6, 6.07) is 19.9. The number of hydrogen-bond acceptors (Lipinski definition) is 2. The highest BCUT2D eigenvalue weighted by atomic mass is 35.5. The Morgan fingerprint density at radius 1 is 1.05 bits per heavy atom. The Kier molecular flexibility index (Phi) is 7.78. The number of aryl methyl sites for hydroxylation is 2. The van der Waals surface area contributed by atoms with Crippen molar-refractivity contribution in [1.29, 1.82) is 0 Å². The van der Waals surface area contributed by atoms with Crippen molar-refractivity contribution in [2.24, 2.45) is 0 Å². The molecule has 1 heterocycles. The summed E-state index contributed by atoms with van der Waals surface area (Å²) in [7, 11) is 0. The van der Waals surface area contributed by atoms with Crippen LogP contribution in [-0.4, -0.2) is 42.0 Å². The number of nitrogens with zero attached hydrogens (tertiary/aromatic N) is 1. The first-order valence-corrected chi connectivity index (χ1v) is 13.3. The van der Waals surface area contributed by atoms with E-state index in [0.717, 1.165) is 76.3 Å². The van der Waals surface area contributed by atoms with Crippen LogP contribution in [0.1, 0.15) is 63.0 Å². The molecule has 0 radical (unpaired) electrons. The van der Waals surface area contributed by atoms with Crippen LogP contribution in [-0.2, 0) is 6.42 Å². The van der Waals surface area contributed by atoms with Gasteiger partial charge in [-0.2, -0.15) is 0 Å². The largest absolute Gasteiger partial charge is 0.478 e. The van der Waals surface area contributed by atoms with Gasteiger partial charge in [0.2, 0.25) is 6.43 Å². The molecule has 1 aliphatic carbocycles. The Morgan fingerprint density at radius 2 is 1.82 bits per heavy atom. The zero-order valence-electron chi connectivity index (χ0n) is 21.3. The van der Waals surface area contributed by atoms with E-state index in [1.807, 2.05) is 30.0 Å². The second-order valence-corrected chi connectivity index (χ2v) is 10.5. The van der Waals surface area contributed by atoms with E-state index in [1.165, 1.54) is 11.1 Å². The average molecular weight is 534 g/mol. The summed E-state index contributed by atoms with van der Waals surface area (Å²) in [6.45, 7) is 3.90. The molecule has 1 fully saturated rings. The Bertz CT molecular complexity index is 1420. The number of rotatable bonds is 7. The van der Waals surface area contributed by atoms with Crippen LogP contribution < -0.4 is 0 Å². The standard InChI is InChI=1S/C32H30ClF2NO2/c1-20-4-2-7-28(31(20)33)27-6-3-5-24-17-25(32(37)38)12-13-26(24)30(27)23-10-8-21(9-11-23)16-22-18-36(19-22)15-14-29(34)35/h2,4,7-13,16-17,29H,3,5-6,14-15,18-19H2,1H3,(H,37,38). The third kappa shape index (κ3) is 5.59. The predicted molar refractivity (Wildman–Crippen MR) is 150 cm³/mol. The highest BCUT2D eigenvalue weighted by Gasteiger charge is 2.24. The lowest BCUT2D eigenvalue weighted by Crippen LogP contribution is -2.40. The van der Waals surface area contributed by atoms with Crippen molar-refractivity contribution >= 4 is 34.8 Å². The summed E-state index contributed by atoms with van der Waals surface area (Å²) < 4.78 is 24.9. The van der Waals surface area contributed by atoms with E-state index in [4.69, 9.17) is 11.6 Å². The lowest BCUT2D eigenvalue weighted by atomic mass is 9.86. The number of hydrogen-bond donors (Lipinski definition) is 1. The Hall–Kier alpha value is -3.28. The van der Waals surface area contributed by atoms with E-state index in [0.29, 0.717) is 12.1 Å². The van der Waals surface area contributed by atoms with Gasteiger partial charge >= 0.3 is 5.97 Å². The number of allylic oxidation sites excluding steroid dienone is 1. The Balaban J connectivity index is 1.53. The molecule has 3 aromatic rings. The van der Waals surface area contributed by atoms with Gasteiger partial charge in [-0.1, -0.05) is 66.2 Å². The van der Waals surface area contributed by atoms with Crippen molar-refractivity contribution in [2.75, 3.05) is 19.6 Å². The normalized spacial score (nSPS) is 15.8. The summed E-state index contributed by atoms with van der Waals surface area (Å²) in [5.41, 5.74) is 10.0. The number of carboxylic acids is 1. The number of benzene rings is 3. The Labute approximate surface area is 227 Å². The van der Waals surface area contributed by atoms with Gasteiger partial charge in [0, 0.05) is 26.1 Å². The van der Waals surface area contributed by atoms with Crippen molar-refractivity contribution in [3.05, 3.63) is 110 Å². The van der Waals surface area contributed by atoms with Crippen LogP contribution in [0.3, 0.4) is 0 Å². The van der Waals surface area contributed by atoms with Crippen molar-refractivity contribution < 1.29 is 18.7 Å². The number of likely N-dealkylation sites (tertiary alicyclic amines) is 1. The van der Waals surface area contributed by atoms with Crippen LogP contribution in [0.25, 0.3) is 17.2 Å². The minimum Gasteiger partial charge on any atom is -0.478 e. The van der Waals surface area contributed by atoms with Gasteiger partial charge in [-0.15, -0.1) is 0 Å². The van der Waals surface area contributed by atoms with E-state index in [2.05, 4.69) is 36.4 Å². The molecule has 196 valence electrons. The van der Waals surface area contributed by atoms with Crippen molar-refractivity contribution in [3.8, 4) is 0 Å². The molecule has 0 amide bonds. The van der Waals surface area contributed by atoms with Crippen LogP contribution in [0.5, 0.6) is 0 Å². The lowest BCUT2D eigenvalue weighted by molar-refractivity contribution is 0.0696. The first-order valence-electron chi connectivity index (χ1n) is 13.0. The number of fused-ring (bicyclic) bond motifs is 1. The molecular formula is C32H30ClF2NO2. The lowest BCUT2D eigenvalue weighted by Gasteiger charge is -2.34. The second-order valence-electron chi connectivity index (χ2n) is 10.1. The first kappa shape index (κ1) is 26.3. The smallest absolute Gasteiger partial charge is 0.335 e. The summed E-state index contributed by atoms with van der Waals surface area (Å²) in [5, 5.41) is 10.3. The van der Waals surface area contributed by atoms with Crippen molar-refractivity contribution in [2.45, 2.75) is 39.0 Å². The number of halogens is 3. The maximum atomic E-state index is 12.5. The Morgan fingerprint density at radius 3 is 2.53 bits per heavy atom. The number of alkyl halides is 2. The minimum absolute atomic E-state index is 0.0835. The van der Waals surface area contributed by atoms with E-state index in [-0.39, 0.29) is 6.42 Å². The topological polar surface area (TPSA) is 40.5 Å². The average Bonchev–Trinajstić information content (AvgIpc) is 3.06. The molecule has 0 aromatic heterocycles. The maximum Gasteiger partial charge on any atom is 0.335 e. The molecule has 0 unspecified atom stereocenters. The molecule has 0 spiro atoms. The van der Waals surface area contributed by atoms with Crippen LogP contribution in [0.2, 0.25) is 5.02 Å². The van der Waals surface area contributed by atoms with Gasteiger partial charge in [-0.3, -0.25) is 4.90 Å². The molecule has 0 atom stereocenters. The molecule has 5 rings (SSSR count). The molecule has 3 nitrogen and oxygen atoms in total. The molecule has 38 heavy (non-hydrogen) atoms. The third-order valence-corrected chi connectivity index (χ3v) is 7.90. The fraction of sp³-hybridized carbons (Fsp3) is 0.281. The summed E-state index contributed by atoms with van der Waals surface area (Å²) in [4.78, 5) is 13.7.